The molecule has 1 unspecified atom stereocenters. The molecule has 2 rings (SSSR count). The summed E-state index contributed by atoms with van der Waals surface area (Å²) in [6.07, 6.45) is 13.4. The summed E-state index contributed by atoms with van der Waals surface area (Å²) >= 11 is 0. The van der Waals surface area contributed by atoms with Crippen LogP contribution in [0.15, 0.2) is 12.4 Å². The van der Waals surface area contributed by atoms with Gasteiger partial charge in [-0.1, -0.05) is 25.7 Å². The van der Waals surface area contributed by atoms with E-state index in [9.17, 15) is 0 Å². The normalized spacial score (nSPS) is 20.4. The molecule has 0 amide bonds. The Kier molecular flexibility index (Phi) is 5.82. The maximum atomic E-state index is 4.43. The molecule has 1 aromatic rings. The van der Waals surface area contributed by atoms with Gasteiger partial charge in [0.25, 0.3) is 0 Å². The van der Waals surface area contributed by atoms with Crippen molar-refractivity contribution in [2.75, 3.05) is 21.1 Å². The molecule has 0 saturated heterocycles. The highest BCUT2D eigenvalue weighted by Gasteiger charge is 2.40. The van der Waals surface area contributed by atoms with Gasteiger partial charge in [-0.25, -0.2) is 0 Å². The van der Waals surface area contributed by atoms with Gasteiger partial charge in [-0.2, -0.15) is 5.10 Å². The number of hydrogen-bond donors (Lipinski definition) is 1. The monoisotopic (exact) mass is 292 g/mol. The third-order valence-electron chi connectivity index (χ3n) is 5.31. The number of aryl methyl sites for hydroxylation is 1. The van der Waals surface area contributed by atoms with Crippen molar-refractivity contribution in [3.8, 4) is 0 Å². The summed E-state index contributed by atoms with van der Waals surface area (Å²) < 4.78 is 2.03. The van der Waals surface area contributed by atoms with Crippen molar-refractivity contribution in [1.82, 2.24) is 20.0 Å². The van der Waals surface area contributed by atoms with Gasteiger partial charge in [-0.3, -0.25) is 4.68 Å². The van der Waals surface area contributed by atoms with Crippen molar-refractivity contribution in [3.05, 3.63) is 18.0 Å². The summed E-state index contributed by atoms with van der Waals surface area (Å²) in [5, 5.41) is 8.05. The van der Waals surface area contributed by atoms with E-state index in [1.807, 2.05) is 10.9 Å². The number of rotatable bonds is 6. The van der Waals surface area contributed by atoms with Gasteiger partial charge in [0.2, 0.25) is 0 Å². The SMILES string of the molecule is CCn1cc(CC(NC)C2(N(C)C)CCCCCC2)cn1. The number of nitrogens with zero attached hydrogens (tertiary/aromatic N) is 3. The maximum absolute atomic E-state index is 4.43. The molecule has 1 fully saturated rings. The highest BCUT2D eigenvalue weighted by Crippen LogP contribution is 2.35. The molecule has 120 valence electrons. The van der Waals surface area contributed by atoms with Gasteiger partial charge in [0, 0.05) is 24.3 Å². The lowest BCUT2D eigenvalue weighted by Crippen LogP contribution is -2.59. The van der Waals surface area contributed by atoms with E-state index in [2.05, 4.69) is 49.6 Å². The van der Waals surface area contributed by atoms with Crippen LogP contribution in [0.3, 0.4) is 0 Å². The maximum Gasteiger partial charge on any atom is 0.0522 e. The van der Waals surface area contributed by atoms with E-state index in [-0.39, 0.29) is 5.54 Å². The summed E-state index contributed by atoms with van der Waals surface area (Å²) in [4.78, 5) is 2.48. The third kappa shape index (κ3) is 3.67. The Morgan fingerprint density at radius 3 is 2.43 bits per heavy atom. The Morgan fingerprint density at radius 1 is 1.29 bits per heavy atom. The average Bonchev–Trinajstić information content (AvgIpc) is 2.79. The van der Waals surface area contributed by atoms with Gasteiger partial charge in [-0.15, -0.1) is 0 Å². The van der Waals surface area contributed by atoms with Crippen LogP contribution in [0.25, 0.3) is 0 Å². The molecule has 1 saturated carbocycles. The molecule has 1 atom stereocenters. The Hall–Kier alpha value is -0.870. The summed E-state index contributed by atoms with van der Waals surface area (Å²) in [6.45, 7) is 3.09. The summed E-state index contributed by atoms with van der Waals surface area (Å²) in [7, 11) is 6.63. The van der Waals surface area contributed by atoms with Crippen molar-refractivity contribution >= 4 is 0 Å². The van der Waals surface area contributed by atoms with E-state index < -0.39 is 0 Å². The first-order valence-corrected chi connectivity index (χ1v) is 8.48. The molecule has 4 heteroatoms. The van der Waals surface area contributed by atoms with Gasteiger partial charge in [-0.05, 0) is 52.9 Å². The number of likely N-dealkylation sites (N-methyl/N-ethyl adjacent to an activating group) is 2. The predicted molar refractivity (Wildman–Crippen MR) is 88.6 cm³/mol. The first kappa shape index (κ1) is 16.5. The molecule has 21 heavy (non-hydrogen) atoms. The lowest BCUT2D eigenvalue weighted by Gasteiger charge is -2.46. The van der Waals surface area contributed by atoms with E-state index in [0.717, 1.165) is 13.0 Å². The molecule has 0 aromatic carbocycles. The number of aromatic nitrogens is 2. The van der Waals surface area contributed by atoms with Crippen LogP contribution in [0.2, 0.25) is 0 Å². The minimum atomic E-state index is 0.277. The van der Waals surface area contributed by atoms with E-state index in [1.54, 1.807) is 0 Å². The van der Waals surface area contributed by atoms with Crippen molar-refractivity contribution in [1.29, 1.82) is 0 Å². The minimum absolute atomic E-state index is 0.277. The molecule has 4 nitrogen and oxygen atoms in total. The zero-order valence-corrected chi connectivity index (χ0v) is 14.2. The van der Waals surface area contributed by atoms with Crippen LogP contribution in [0.1, 0.15) is 51.0 Å². The summed E-state index contributed by atoms with van der Waals surface area (Å²) in [6, 6.07) is 0.486. The zero-order valence-electron chi connectivity index (χ0n) is 14.2. The largest absolute Gasteiger partial charge is 0.315 e. The van der Waals surface area contributed by atoms with Gasteiger partial charge < -0.3 is 10.2 Å². The van der Waals surface area contributed by atoms with Crippen LogP contribution < -0.4 is 5.32 Å². The second kappa shape index (κ2) is 7.41. The van der Waals surface area contributed by atoms with Crippen molar-refractivity contribution in [2.24, 2.45) is 0 Å². The van der Waals surface area contributed by atoms with Crippen LogP contribution >= 0.6 is 0 Å². The van der Waals surface area contributed by atoms with Crippen molar-refractivity contribution in [3.63, 3.8) is 0 Å². The van der Waals surface area contributed by atoms with Gasteiger partial charge in [0.05, 0.1) is 6.20 Å². The van der Waals surface area contributed by atoms with Crippen LogP contribution in [0.4, 0.5) is 0 Å². The molecule has 1 aliphatic carbocycles. The molecular formula is C17H32N4. The average molecular weight is 292 g/mol. The Bertz CT molecular complexity index is 416. The highest BCUT2D eigenvalue weighted by molar-refractivity contribution is 5.11. The summed E-state index contributed by atoms with van der Waals surface area (Å²) in [5.74, 6) is 0. The van der Waals surface area contributed by atoms with Gasteiger partial charge in [0.1, 0.15) is 0 Å². The van der Waals surface area contributed by atoms with E-state index in [4.69, 9.17) is 0 Å². The fourth-order valence-corrected chi connectivity index (χ4v) is 3.93. The quantitative estimate of drug-likeness (QED) is 0.818. The molecular weight excluding hydrogens is 260 g/mol. The second-order valence-electron chi connectivity index (χ2n) is 6.66. The molecule has 1 heterocycles. The summed E-state index contributed by atoms with van der Waals surface area (Å²) in [5.41, 5.74) is 1.63. The molecule has 1 aliphatic rings. The van der Waals surface area contributed by atoms with E-state index in [0.29, 0.717) is 6.04 Å². The Morgan fingerprint density at radius 2 is 1.95 bits per heavy atom. The first-order chi connectivity index (χ1) is 10.1. The molecule has 1 aromatic heterocycles. The van der Waals surface area contributed by atoms with Crippen LogP contribution in [-0.4, -0.2) is 47.4 Å². The lowest BCUT2D eigenvalue weighted by atomic mass is 9.79. The second-order valence-corrected chi connectivity index (χ2v) is 6.66. The molecule has 0 aliphatic heterocycles. The first-order valence-electron chi connectivity index (χ1n) is 8.48. The van der Waals surface area contributed by atoms with Crippen LogP contribution in [0, 0.1) is 0 Å². The smallest absolute Gasteiger partial charge is 0.0522 e. The topological polar surface area (TPSA) is 33.1 Å². The van der Waals surface area contributed by atoms with Gasteiger partial charge >= 0.3 is 0 Å². The molecule has 1 N–H and O–H groups in total. The standard InChI is InChI=1S/C17H32N4/c1-5-21-14-15(13-19-21)12-16(18-2)17(20(3)4)10-8-6-7-9-11-17/h13-14,16,18H,5-12H2,1-4H3. The lowest BCUT2D eigenvalue weighted by molar-refractivity contribution is 0.0835. The number of nitrogens with one attached hydrogen (secondary N) is 1. The highest BCUT2D eigenvalue weighted by atomic mass is 15.3. The fraction of sp³-hybridized carbons (Fsp3) is 0.824. The Labute approximate surface area is 129 Å². The van der Waals surface area contributed by atoms with Crippen molar-refractivity contribution in [2.45, 2.75) is 70.0 Å². The third-order valence-corrected chi connectivity index (χ3v) is 5.31. The van der Waals surface area contributed by atoms with Crippen molar-refractivity contribution < 1.29 is 0 Å². The Balaban J connectivity index is 2.18. The van der Waals surface area contributed by atoms with E-state index in [1.165, 1.54) is 44.1 Å². The van der Waals surface area contributed by atoms with Crippen LogP contribution in [-0.2, 0) is 13.0 Å². The molecule has 0 bridgehead atoms. The fourth-order valence-electron chi connectivity index (χ4n) is 3.93. The molecule has 0 radical (unpaired) electrons. The van der Waals surface area contributed by atoms with Crippen LogP contribution in [0.5, 0.6) is 0 Å². The van der Waals surface area contributed by atoms with Gasteiger partial charge in [0.15, 0.2) is 0 Å². The predicted octanol–water partition coefficient (Wildman–Crippen LogP) is 2.69. The zero-order chi connectivity index (χ0) is 15.3. The minimum Gasteiger partial charge on any atom is -0.315 e. The molecule has 0 spiro atoms. The van der Waals surface area contributed by atoms with E-state index >= 15 is 0 Å². The number of hydrogen-bond acceptors (Lipinski definition) is 3.